The molecule has 0 saturated heterocycles. The van der Waals surface area contributed by atoms with Gasteiger partial charge in [-0.3, -0.25) is 0 Å². The van der Waals surface area contributed by atoms with Gasteiger partial charge in [-0.2, -0.15) is 0 Å². The van der Waals surface area contributed by atoms with Gasteiger partial charge in [-0.1, -0.05) is 5.10 Å². The van der Waals surface area contributed by atoms with Gasteiger partial charge in [-0.25, -0.2) is 0 Å². The summed E-state index contributed by atoms with van der Waals surface area (Å²) in [4.78, 5) is 1.79. The Labute approximate surface area is 84.5 Å². The van der Waals surface area contributed by atoms with Gasteiger partial charge >= 0.3 is 6.01 Å². The molecular formula is C9H18N4O. The smallest absolute Gasteiger partial charge is 0.317 e. The van der Waals surface area contributed by atoms with E-state index in [9.17, 15) is 0 Å². The van der Waals surface area contributed by atoms with Gasteiger partial charge in [0.15, 0.2) is 0 Å². The number of nitrogens with zero attached hydrogens (tertiary/aromatic N) is 3. The fraction of sp³-hybridized carbons (Fsp3) is 0.778. The maximum Gasteiger partial charge on any atom is 0.317 e. The lowest BCUT2D eigenvalue weighted by Crippen LogP contribution is -2.35. The van der Waals surface area contributed by atoms with Crippen molar-refractivity contribution < 1.29 is 4.42 Å². The average Bonchev–Trinajstić information content (AvgIpc) is 2.47. The summed E-state index contributed by atoms with van der Waals surface area (Å²) in [6.07, 6.45) is 0. The average molecular weight is 198 g/mol. The van der Waals surface area contributed by atoms with E-state index in [0.717, 1.165) is 0 Å². The molecule has 1 aromatic rings. The lowest BCUT2D eigenvalue weighted by Gasteiger charge is -2.18. The zero-order valence-corrected chi connectivity index (χ0v) is 9.46. The van der Waals surface area contributed by atoms with Gasteiger partial charge in [0.2, 0.25) is 5.89 Å². The van der Waals surface area contributed by atoms with Gasteiger partial charge in [-0.05, 0) is 20.8 Å². The second kappa shape index (κ2) is 3.96. The highest BCUT2D eigenvalue weighted by Crippen LogP contribution is 2.09. The van der Waals surface area contributed by atoms with Gasteiger partial charge in [-0.15, -0.1) is 5.10 Å². The molecule has 0 unspecified atom stereocenters. The van der Waals surface area contributed by atoms with Crippen LogP contribution >= 0.6 is 0 Å². The molecule has 0 aliphatic rings. The molecule has 1 N–H and O–H groups in total. The molecule has 0 aromatic carbocycles. The Hall–Kier alpha value is -1.10. The molecule has 0 spiro atoms. The first-order valence-electron chi connectivity index (χ1n) is 4.63. The zero-order chi connectivity index (χ0) is 10.8. The number of rotatable bonds is 3. The normalized spacial score (nSPS) is 11.8. The molecule has 0 fully saturated rings. The number of anilines is 1. The van der Waals surface area contributed by atoms with Crippen molar-refractivity contribution in [1.82, 2.24) is 15.5 Å². The van der Waals surface area contributed by atoms with E-state index < -0.39 is 0 Å². The molecule has 5 heteroatoms. The van der Waals surface area contributed by atoms with Gasteiger partial charge in [0.25, 0.3) is 0 Å². The molecule has 0 atom stereocenters. The van der Waals surface area contributed by atoms with Crippen molar-refractivity contribution in [2.45, 2.75) is 32.9 Å². The summed E-state index contributed by atoms with van der Waals surface area (Å²) in [6, 6.07) is 0.538. The van der Waals surface area contributed by atoms with Crippen LogP contribution in [0.5, 0.6) is 0 Å². The summed E-state index contributed by atoms with van der Waals surface area (Å²) in [5, 5.41) is 11.1. The van der Waals surface area contributed by atoms with E-state index >= 15 is 0 Å². The number of aromatic nitrogens is 2. The molecule has 1 aromatic heterocycles. The van der Waals surface area contributed by atoms with E-state index in [1.165, 1.54) is 0 Å². The number of hydrogen-bond acceptors (Lipinski definition) is 5. The zero-order valence-electron chi connectivity index (χ0n) is 9.46. The SMILES string of the molecule is CN(C)c1nnc(CNC(C)(C)C)o1. The van der Waals surface area contributed by atoms with Crippen molar-refractivity contribution in [1.29, 1.82) is 0 Å². The van der Waals surface area contributed by atoms with Gasteiger partial charge in [0.1, 0.15) is 0 Å². The monoisotopic (exact) mass is 198 g/mol. The van der Waals surface area contributed by atoms with E-state index in [0.29, 0.717) is 18.5 Å². The van der Waals surface area contributed by atoms with Crippen molar-refractivity contribution in [2.75, 3.05) is 19.0 Å². The quantitative estimate of drug-likeness (QED) is 0.786. The molecule has 0 bridgehead atoms. The van der Waals surface area contributed by atoms with E-state index in [1.807, 2.05) is 14.1 Å². The Bertz CT molecular complexity index is 287. The van der Waals surface area contributed by atoms with Crippen LogP contribution in [-0.4, -0.2) is 29.8 Å². The van der Waals surface area contributed by atoms with Gasteiger partial charge < -0.3 is 14.6 Å². The summed E-state index contributed by atoms with van der Waals surface area (Å²) in [5.74, 6) is 0.614. The maximum absolute atomic E-state index is 5.38. The van der Waals surface area contributed by atoms with Gasteiger partial charge in [0.05, 0.1) is 6.54 Å². The first-order valence-corrected chi connectivity index (χ1v) is 4.63. The van der Waals surface area contributed by atoms with Crippen LogP contribution in [0.25, 0.3) is 0 Å². The Morgan fingerprint density at radius 2 is 1.93 bits per heavy atom. The second-order valence-electron chi connectivity index (χ2n) is 4.48. The first kappa shape index (κ1) is 11.0. The molecule has 0 radical (unpaired) electrons. The van der Waals surface area contributed by atoms with Crippen molar-refractivity contribution in [2.24, 2.45) is 0 Å². The summed E-state index contributed by atoms with van der Waals surface area (Å²) in [6.45, 7) is 6.88. The minimum atomic E-state index is 0.0623. The highest BCUT2D eigenvalue weighted by molar-refractivity contribution is 5.19. The number of nitrogens with one attached hydrogen (secondary N) is 1. The second-order valence-corrected chi connectivity index (χ2v) is 4.48. The summed E-state index contributed by atoms with van der Waals surface area (Å²) >= 11 is 0. The highest BCUT2D eigenvalue weighted by Gasteiger charge is 2.12. The predicted octanol–water partition coefficient (Wildman–Crippen LogP) is 1.02. The Kier molecular flexibility index (Phi) is 3.10. The third-order valence-corrected chi connectivity index (χ3v) is 1.61. The molecular weight excluding hydrogens is 180 g/mol. The van der Waals surface area contributed by atoms with Crippen LogP contribution in [0.4, 0.5) is 6.01 Å². The molecule has 0 aliphatic carbocycles. The molecule has 1 heterocycles. The van der Waals surface area contributed by atoms with Crippen molar-refractivity contribution >= 4 is 6.01 Å². The standard InChI is InChI=1S/C9H18N4O/c1-9(2,3)10-6-7-11-12-8(14-7)13(4)5/h10H,6H2,1-5H3. The fourth-order valence-electron chi connectivity index (χ4n) is 0.838. The van der Waals surface area contributed by atoms with Crippen LogP contribution in [0, 0.1) is 0 Å². The minimum Gasteiger partial charge on any atom is -0.407 e. The molecule has 5 nitrogen and oxygen atoms in total. The molecule has 0 aliphatic heterocycles. The van der Waals surface area contributed by atoms with Crippen LogP contribution < -0.4 is 10.2 Å². The minimum absolute atomic E-state index is 0.0623. The summed E-state index contributed by atoms with van der Waals surface area (Å²) in [5.41, 5.74) is 0.0623. The molecule has 1 rings (SSSR count). The van der Waals surface area contributed by atoms with Gasteiger partial charge in [0, 0.05) is 19.6 Å². The van der Waals surface area contributed by atoms with E-state index in [-0.39, 0.29) is 5.54 Å². The van der Waals surface area contributed by atoms with Crippen molar-refractivity contribution in [3.8, 4) is 0 Å². The number of hydrogen-bond donors (Lipinski definition) is 1. The van der Waals surface area contributed by atoms with Crippen LogP contribution in [0.15, 0.2) is 4.42 Å². The predicted molar refractivity (Wildman–Crippen MR) is 55.2 cm³/mol. The Balaban J connectivity index is 2.52. The molecule has 0 saturated carbocycles. The van der Waals surface area contributed by atoms with E-state index in [4.69, 9.17) is 4.42 Å². The maximum atomic E-state index is 5.38. The third kappa shape index (κ3) is 3.33. The highest BCUT2D eigenvalue weighted by atomic mass is 16.4. The lowest BCUT2D eigenvalue weighted by molar-refractivity contribution is 0.382. The summed E-state index contributed by atoms with van der Waals surface area (Å²) in [7, 11) is 3.74. The molecule has 80 valence electrons. The Morgan fingerprint density at radius 3 is 2.36 bits per heavy atom. The van der Waals surface area contributed by atoms with E-state index in [2.05, 4.69) is 36.3 Å². The fourth-order valence-corrected chi connectivity index (χ4v) is 0.838. The molecule has 0 amide bonds. The molecule has 14 heavy (non-hydrogen) atoms. The Morgan fingerprint density at radius 1 is 1.29 bits per heavy atom. The van der Waals surface area contributed by atoms with Crippen molar-refractivity contribution in [3.05, 3.63) is 5.89 Å². The lowest BCUT2D eigenvalue weighted by atomic mass is 10.1. The van der Waals surface area contributed by atoms with Crippen molar-refractivity contribution in [3.63, 3.8) is 0 Å². The van der Waals surface area contributed by atoms with E-state index in [1.54, 1.807) is 4.90 Å². The van der Waals surface area contributed by atoms with Crippen LogP contribution in [0.2, 0.25) is 0 Å². The van der Waals surface area contributed by atoms with Crippen LogP contribution in [-0.2, 0) is 6.54 Å². The first-order chi connectivity index (χ1) is 6.38. The van der Waals surface area contributed by atoms with Crippen LogP contribution in [0.1, 0.15) is 26.7 Å². The summed E-state index contributed by atoms with van der Waals surface area (Å²) < 4.78 is 5.38. The largest absolute Gasteiger partial charge is 0.407 e. The van der Waals surface area contributed by atoms with Crippen LogP contribution in [0.3, 0.4) is 0 Å². The topological polar surface area (TPSA) is 54.2 Å². The third-order valence-electron chi connectivity index (χ3n) is 1.61.